The van der Waals surface area contributed by atoms with Crippen molar-refractivity contribution in [1.82, 2.24) is 24.3 Å². The van der Waals surface area contributed by atoms with E-state index in [2.05, 4.69) is 81.1 Å². The van der Waals surface area contributed by atoms with Gasteiger partial charge in [-0.05, 0) is 29.7 Å². The highest BCUT2D eigenvalue weighted by Crippen LogP contribution is 2.31. The molecule has 2 atom stereocenters. The van der Waals surface area contributed by atoms with Crippen LogP contribution in [0.2, 0.25) is 0 Å². The molecule has 1 unspecified atom stereocenters. The molecule has 2 saturated heterocycles. The quantitative estimate of drug-likeness (QED) is 0.228. The van der Waals surface area contributed by atoms with Crippen molar-refractivity contribution in [3.63, 3.8) is 0 Å². The Balaban J connectivity index is 1.17. The number of ether oxygens (including phenoxy) is 2. The van der Waals surface area contributed by atoms with Gasteiger partial charge in [-0.1, -0.05) is 97.1 Å². The molecule has 2 fully saturated rings. The van der Waals surface area contributed by atoms with E-state index in [9.17, 15) is 4.79 Å². The minimum atomic E-state index is -0.114. The summed E-state index contributed by atoms with van der Waals surface area (Å²) in [5, 5.41) is 0. The van der Waals surface area contributed by atoms with Crippen LogP contribution in [0.4, 0.5) is 0 Å². The van der Waals surface area contributed by atoms with Gasteiger partial charge in [0.05, 0.1) is 38.2 Å². The number of piperazine rings is 1. The SMILES string of the molecule is O=C(c1ncn(C2=CC(N3CCOCC3)CC=C2)c1-c1ccccc1)N1CCN(Cc2ccccc2)C[C@H]1COCc1ccccc1. The van der Waals surface area contributed by atoms with Gasteiger partial charge in [-0.25, -0.2) is 4.98 Å². The lowest BCUT2D eigenvalue weighted by Crippen LogP contribution is -2.56. The van der Waals surface area contributed by atoms with Gasteiger partial charge in [0.1, 0.15) is 6.33 Å². The predicted molar refractivity (Wildman–Crippen MR) is 185 cm³/mol. The normalized spacial score (nSPS) is 20.7. The van der Waals surface area contributed by atoms with Crippen LogP contribution in [0.1, 0.15) is 28.0 Å². The molecule has 3 heterocycles. The summed E-state index contributed by atoms with van der Waals surface area (Å²) in [6.07, 6.45) is 9.48. The fraction of sp³-hybridized carbons (Fsp3) is 0.333. The van der Waals surface area contributed by atoms with Crippen LogP contribution in [0.3, 0.4) is 0 Å². The number of aromatic nitrogens is 2. The largest absolute Gasteiger partial charge is 0.379 e. The van der Waals surface area contributed by atoms with Gasteiger partial charge >= 0.3 is 0 Å². The molecule has 1 aromatic heterocycles. The zero-order valence-corrected chi connectivity index (χ0v) is 26.9. The van der Waals surface area contributed by atoms with Gasteiger partial charge in [0.15, 0.2) is 5.69 Å². The van der Waals surface area contributed by atoms with Gasteiger partial charge in [0, 0.05) is 56.6 Å². The van der Waals surface area contributed by atoms with Gasteiger partial charge in [0.2, 0.25) is 0 Å². The number of nitrogens with zero attached hydrogens (tertiary/aromatic N) is 5. The molecule has 0 radical (unpaired) electrons. The Morgan fingerprint density at radius 3 is 2.30 bits per heavy atom. The first-order valence-electron chi connectivity index (χ1n) is 16.7. The standard InChI is InChI=1S/C39H43N5O3/c45-39(43-20-19-41(26-31-11-4-1-5-12-31)27-36(43)29-47-28-32-13-6-2-7-14-32)37-38(33-15-8-3-9-16-33)44(30-40-37)35-18-10-17-34(25-35)42-21-23-46-24-22-42/h1-16,18,25,30,34,36H,17,19-24,26-29H2/t34?,36-/m0/s1. The van der Waals surface area contributed by atoms with E-state index in [1.807, 2.05) is 53.7 Å². The number of hydrogen-bond donors (Lipinski definition) is 0. The summed E-state index contributed by atoms with van der Waals surface area (Å²) in [5.74, 6) is -0.0552. The summed E-state index contributed by atoms with van der Waals surface area (Å²) in [6.45, 7) is 7.28. The third-order valence-corrected chi connectivity index (χ3v) is 9.34. The second kappa shape index (κ2) is 15.0. The molecular weight excluding hydrogens is 586 g/mol. The number of amides is 1. The number of benzene rings is 3. The Morgan fingerprint density at radius 2 is 1.55 bits per heavy atom. The van der Waals surface area contributed by atoms with Crippen LogP contribution in [0.15, 0.2) is 116 Å². The lowest BCUT2D eigenvalue weighted by Gasteiger charge is -2.41. The number of imidazole rings is 1. The van der Waals surface area contributed by atoms with Crippen LogP contribution < -0.4 is 0 Å². The second-order valence-electron chi connectivity index (χ2n) is 12.5. The fourth-order valence-electron chi connectivity index (χ4n) is 6.88. The average Bonchev–Trinajstić information content (AvgIpc) is 3.59. The Kier molecular flexibility index (Phi) is 10.0. The Bertz CT molecular complexity index is 1660. The maximum Gasteiger partial charge on any atom is 0.275 e. The van der Waals surface area contributed by atoms with Gasteiger partial charge in [-0.15, -0.1) is 0 Å². The number of allylic oxidation sites excluding steroid dienone is 2. The Labute approximate surface area is 277 Å². The van der Waals surface area contributed by atoms with Gasteiger partial charge < -0.3 is 14.4 Å². The lowest BCUT2D eigenvalue weighted by atomic mass is 10.0. The van der Waals surface area contributed by atoms with Crippen LogP contribution in [-0.4, -0.2) is 94.8 Å². The van der Waals surface area contributed by atoms with Crippen LogP contribution in [0.25, 0.3) is 17.0 Å². The summed E-state index contributed by atoms with van der Waals surface area (Å²) in [7, 11) is 0. The van der Waals surface area contributed by atoms with Crippen LogP contribution in [0, 0.1) is 0 Å². The number of carbonyl (C=O) groups is 1. The molecule has 1 aliphatic carbocycles. The van der Waals surface area contributed by atoms with Crippen LogP contribution >= 0.6 is 0 Å². The third kappa shape index (κ3) is 7.47. The maximum atomic E-state index is 14.6. The number of morpholine rings is 1. The number of carbonyl (C=O) groups excluding carboxylic acids is 1. The molecule has 47 heavy (non-hydrogen) atoms. The van der Waals surface area contributed by atoms with Crippen molar-refractivity contribution in [2.75, 3.05) is 52.5 Å². The van der Waals surface area contributed by atoms with Crippen LogP contribution in [-0.2, 0) is 22.6 Å². The molecule has 0 N–H and O–H groups in total. The molecule has 0 spiro atoms. The Hall–Kier alpha value is -4.34. The molecule has 8 heteroatoms. The third-order valence-electron chi connectivity index (χ3n) is 9.34. The zero-order valence-electron chi connectivity index (χ0n) is 26.9. The summed E-state index contributed by atoms with van der Waals surface area (Å²) in [6, 6.07) is 31.1. The molecule has 242 valence electrons. The molecule has 0 saturated carbocycles. The van der Waals surface area contributed by atoms with E-state index in [-0.39, 0.29) is 18.0 Å². The highest BCUT2D eigenvalue weighted by Gasteiger charge is 2.34. The molecular formula is C39H43N5O3. The lowest BCUT2D eigenvalue weighted by molar-refractivity contribution is 0.00481. The molecule has 1 amide bonds. The van der Waals surface area contributed by atoms with Gasteiger partial charge in [-0.2, -0.15) is 0 Å². The summed E-state index contributed by atoms with van der Waals surface area (Å²) < 4.78 is 14.0. The van der Waals surface area contributed by atoms with Crippen molar-refractivity contribution in [2.24, 2.45) is 0 Å². The van der Waals surface area contributed by atoms with Gasteiger partial charge in [0.25, 0.3) is 5.91 Å². The van der Waals surface area contributed by atoms with E-state index < -0.39 is 0 Å². The monoisotopic (exact) mass is 629 g/mol. The van der Waals surface area contributed by atoms with E-state index in [1.165, 1.54) is 5.56 Å². The molecule has 8 nitrogen and oxygen atoms in total. The van der Waals surface area contributed by atoms with E-state index in [4.69, 9.17) is 14.5 Å². The van der Waals surface area contributed by atoms with Crippen molar-refractivity contribution in [1.29, 1.82) is 0 Å². The van der Waals surface area contributed by atoms with E-state index in [0.717, 1.165) is 74.9 Å². The molecule has 3 aliphatic rings. The minimum Gasteiger partial charge on any atom is -0.379 e. The van der Waals surface area contributed by atoms with E-state index >= 15 is 0 Å². The smallest absolute Gasteiger partial charge is 0.275 e. The van der Waals surface area contributed by atoms with Crippen LogP contribution in [0.5, 0.6) is 0 Å². The first-order chi connectivity index (χ1) is 23.2. The van der Waals surface area contributed by atoms with Crippen molar-refractivity contribution in [3.05, 3.63) is 132 Å². The first-order valence-corrected chi connectivity index (χ1v) is 16.7. The highest BCUT2D eigenvalue weighted by atomic mass is 16.5. The predicted octanol–water partition coefficient (Wildman–Crippen LogP) is 5.60. The first kappa shape index (κ1) is 31.3. The Morgan fingerprint density at radius 1 is 0.851 bits per heavy atom. The average molecular weight is 630 g/mol. The molecule has 0 bridgehead atoms. The molecule has 7 rings (SSSR count). The van der Waals surface area contributed by atoms with Crippen molar-refractivity contribution < 1.29 is 14.3 Å². The zero-order chi connectivity index (χ0) is 31.8. The fourth-order valence-corrected chi connectivity index (χ4v) is 6.88. The maximum absolute atomic E-state index is 14.6. The van der Waals surface area contributed by atoms with E-state index in [0.29, 0.717) is 25.5 Å². The summed E-state index contributed by atoms with van der Waals surface area (Å²) >= 11 is 0. The minimum absolute atomic E-state index is 0.0552. The molecule has 4 aromatic rings. The summed E-state index contributed by atoms with van der Waals surface area (Å²) in [4.78, 5) is 26.4. The molecule has 2 aliphatic heterocycles. The van der Waals surface area contributed by atoms with Crippen molar-refractivity contribution >= 4 is 11.6 Å². The summed E-state index contributed by atoms with van der Waals surface area (Å²) in [5.41, 5.74) is 5.69. The van der Waals surface area contributed by atoms with E-state index in [1.54, 1.807) is 0 Å². The molecule has 3 aromatic carbocycles. The van der Waals surface area contributed by atoms with Crippen molar-refractivity contribution in [2.45, 2.75) is 31.7 Å². The van der Waals surface area contributed by atoms with Gasteiger partial charge in [-0.3, -0.25) is 19.2 Å². The highest BCUT2D eigenvalue weighted by molar-refractivity contribution is 5.99. The topological polar surface area (TPSA) is 63.1 Å². The number of hydrogen-bond acceptors (Lipinski definition) is 6. The number of rotatable bonds is 10. The second-order valence-corrected chi connectivity index (χ2v) is 12.5. The van der Waals surface area contributed by atoms with Crippen molar-refractivity contribution in [3.8, 4) is 11.3 Å².